The van der Waals surface area contributed by atoms with Crippen LogP contribution in [0.15, 0.2) is 42.5 Å². The minimum atomic E-state index is -0.936. The Bertz CT molecular complexity index is 783. The molecule has 0 spiro atoms. The molecule has 2 aromatic rings. The summed E-state index contributed by atoms with van der Waals surface area (Å²) in [4.78, 5) is 22.0. The molecule has 22 heavy (non-hydrogen) atoms. The van der Waals surface area contributed by atoms with Crippen LogP contribution in [0.3, 0.4) is 0 Å². The first-order valence-electron chi connectivity index (χ1n) is 6.12. The maximum atomic E-state index is 13.6. The van der Waals surface area contributed by atoms with Crippen molar-refractivity contribution in [2.75, 3.05) is 0 Å². The highest BCUT2D eigenvalue weighted by Gasteiger charge is 2.20. The molecule has 0 aliphatic carbocycles. The van der Waals surface area contributed by atoms with E-state index in [9.17, 15) is 19.3 Å². The smallest absolute Gasteiger partial charge is 0.345 e. The fourth-order valence-electron chi connectivity index (χ4n) is 1.78. The van der Waals surface area contributed by atoms with Crippen LogP contribution in [0.1, 0.15) is 21.5 Å². The van der Waals surface area contributed by atoms with Crippen molar-refractivity contribution < 1.29 is 18.8 Å². The van der Waals surface area contributed by atoms with Crippen LogP contribution in [0.5, 0.6) is 0 Å². The van der Waals surface area contributed by atoms with Gasteiger partial charge in [0.1, 0.15) is 18.0 Å². The van der Waals surface area contributed by atoms with Crippen molar-refractivity contribution in [2.24, 2.45) is 0 Å². The third kappa shape index (κ3) is 3.24. The summed E-state index contributed by atoms with van der Waals surface area (Å²) in [5, 5.41) is 19.6. The first kappa shape index (κ1) is 15.1. The number of nitriles is 1. The zero-order valence-electron chi connectivity index (χ0n) is 11.2. The summed E-state index contributed by atoms with van der Waals surface area (Å²) < 4.78 is 18.4. The number of hydrogen-bond donors (Lipinski definition) is 0. The van der Waals surface area contributed by atoms with Crippen LogP contribution in [0, 0.1) is 27.3 Å². The van der Waals surface area contributed by atoms with Crippen LogP contribution in [0.25, 0.3) is 0 Å². The predicted molar refractivity (Wildman–Crippen MR) is 73.3 cm³/mol. The third-order valence-electron chi connectivity index (χ3n) is 2.85. The van der Waals surface area contributed by atoms with Gasteiger partial charge < -0.3 is 4.74 Å². The molecule has 2 rings (SSSR count). The SMILES string of the molecule is N#Cc1ccc(F)c(COC(=O)c2ccccc2[N+](=O)[O-])c1. The Kier molecular flexibility index (Phi) is 4.44. The van der Waals surface area contributed by atoms with E-state index in [1.54, 1.807) is 0 Å². The highest BCUT2D eigenvalue weighted by Crippen LogP contribution is 2.19. The zero-order chi connectivity index (χ0) is 16.1. The van der Waals surface area contributed by atoms with Crippen molar-refractivity contribution in [1.29, 1.82) is 5.26 Å². The number of nitro benzene ring substituents is 1. The van der Waals surface area contributed by atoms with Gasteiger partial charge in [0.2, 0.25) is 0 Å². The Morgan fingerprint density at radius 3 is 2.73 bits per heavy atom. The Morgan fingerprint density at radius 2 is 2.05 bits per heavy atom. The number of benzene rings is 2. The maximum absolute atomic E-state index is 13.6. The molecule has 0 unspecified atom stereocenters. The summed E-state index contributed by atoms with van der Waals surface area (Å²) in [5.41, 5.74) is -0.368. The van der Waals surface area contributed by atoms with Crippen LogP contribution in [-0.2, 0) is 11.3 Å². The summed E-state index contributed by atoms with van der Waals surface area (Å²) >= 11 is 0. The Morgan fingerprint density at radius 1 is 1.32 bits per heavy atom. The third-order valence-corrected chi connectivity index (χ3v) is 2.85. The molecule has 7 heteroatoms. The molecule has 6 nitrogen and oxygen atoms in total. The largest absolute Gasteiger partial charge is 0.457 e. The molecule has 0 bridgehead atoms. The van der Waals surface area contributed by atoms with Gasteiger partial charge in [0.05, 0.1) is 16.6 Å². The van der Waals surface area contributed by atoms with Gasteiger partial charge in [-0.2, -0.15) is 5.26 Å². The number of carbonyl (C=O) groups excluding carboxylic acids is 1. The molecule has 0 aliphatic heterocycles. The summed E-state index contributed by atoms with van der Waals surface area (Å²) in [5.74, 6) is -1.57. The molecular weight excluding hydrogens is 291 g/mol. The van der Waals surface area contributed by atoms with Crippen LogP contribution in [0.2, 0.25) is 0 Å². The zero-order valence-corrected chi connectivity index (χ0v) is 11.2. The lowest BCUT2D eigenvalue weighted by Gasteiger charge is -2.06. The minimum Gasteiger partial charge on any atom is -0.457 e. The summed E-state index contributed by atoms with van der Waals surface area (Å²) in [7, 11) is 0. The number of rotatable bonds is 4. The molecule has 0 saturated carbocycles. The van der Waals surface area contributed by atoms with Crippen LogP contribution in [0.4, 0.5) is 10.1 Å². The van der Waals surface area contributed by atoms with E-state index in [4.69, 9.17) is 10.00 Å². The average Bonchev–Trinajstić information content (AvgIpc) is 2.53. The highest BCUT2D eigenvalue weighted by atomic mass is 19.1. The molecule has 0 radical (unpaired) electrons. The van der Waals surface area contributed by atoms with Gasteiger partial charge in [0.25, 0.3) is 5.69 Å². The molecule has 0 saturated heterocycles. The molecular formula is C15H9FN2O4. The first-order chi connectivity index (χ1) is 10.5. The van der Waals surface area contributed by atoms with Gasteiger partial charge >= 0.3 is 5.97 Å². The van der Waals surface area contributed by atoms with Gasteiger partial charge in [-0.3, -0.25) is 10.1 Å². The number of ether oxygens (including phenoxy) is 1. The molecule has 0 heterocycles. The standard InChI is InChI=1S/C15H9FN2O4/c16-13-6-5-10(8-17)7-11(13)9-22-15(19)12-3-1-2-4-14(12)18(20)21/h1-7H,9H2. The van der Waals surface area contributed by atoms with E-state index >= 15 is 0 Å². The van der Waals surface area contributed by atoms with E-state index in [-0.39, 0.29) is 16.7 Å². The monoisotopic (exact) mass is 300 g/mol. The molecule has 0 amide bonds. The molecule has 0 aliphatic rings. The normalized spacial score (nSPS) is 9.82. The van der Waals surface area contributed by atoms with Crippen molar-refractivity contribution in [3.05, 3.63) is 75.1 Å². The second-order valence-electron chi connectivity index (χ2n) is 4.27. The van der Waals surface area contributed by atoms with E-state index in [0.29, 0.717) is 0 Å². The Labute approximate surface area is 124 Å². The predicted octanol–water partition coefficient (Wildman–Crippen LogP) is 2.96. The summed E-state index contributed by atoms with van der Waals surface area (Å²) in [6, 6.07) is 10.8. The van der Waals surface area contributed by atoms with E-state index in [1.807, 2.05) is 6.07 Å². The molecule has 110 valence electrons. The van der Waals surface area contributed by atoms with Gasteiger partial charge in [-0.05, 0) is 24.3 Å². The number of para-hydroxylation sites is 1. The van der Waals surface area contributed by atoms with Gasteiger partial charge in [0.15, 0.2) is 0 Å². The molecule has 0 aromatic heterocycles. The lowest BCUT2D eigenvalue weighted by molar-refractivity contribution is -0.385. The number of nitro groups is 1. The van der Waals surface area contributed by atoms with Crippen LogP contribution >= 0.6 is 0 Å². The van der Waals surface area contributed by atoms with E-state index in [0.717, 1.165) is 6.07 Å². The van der Waals surface area contributed by atoms with Gasteiger partial charge in [0, 0.05) is 11.6 Å². The maximum Gasteiger partial charge on any atom is 0.345 e. The van der Waals surface area contributed by atoms with E-state index in [1.165, 1.54) is 36.4 Å². The summed E-state index contributed by atoms with van der Waals surface area (Å²) in [6.07, 6.45) is 0. The van der Waals surface area contributed by atoms with Gasteiger partial charge in [-0.1, -0.05) is 12.1 Å². The van der Waals surface area contributed by atoms with Gasteiger partial charge in [-0.15, -0.1) is 0 Å². The topological polar surface area (TPSA) is 93.2 Å². The Hall–Kier alpha value is -3.27. The number of hydrogen-bond acceptors (Lipinski definition) is 5. The van der Waals surface area contributed by atoms with E-state index in [2.05, 4.69) is 0 Å². The van der Waals surface area contributed by atoms with Crippen molar-refractivity contribution in [3.8, 4) is 6.07 Å². The van der Waals surface area contributed by atoms with Crippen molar-refractivity contribution in [2.45, 2.75) is 6.61 Å². The number of nitrogens with zero attached hydrogens (tertiary/aromatic N) is 2. The number of carbonyl (C=O) groups is 1. The Balaban J connectivity index is 2.18. The average molecular weight is 300 g/mol. The fraction of sp³-hybridized carbons (Fsp3) is 0.0667. The van der Waals surface area contributed by atoms with Crippen molar-refractivity contribution in [1.82, 2.24) is 0 Å². The molecule has 2 aromatic carbocycles. The fourth-order valence-corrected chi connectivity index (χ4v) is 1.78. The second-order valence-corrected chi connectivity index (χ2v) is 4.27. The molecule has 0 fully saturated rings. The second kappa shape index (κ2) is 6.45. The lowest BCUT2D eigenvalue weighted by atomic mass is 10.1. The van der Waals surface area contributed by atoms with Crippen molar-refractivity contribution >= 4 is 11.7 Å². The van der Waals surface area contributed by atoms with Crippen molar-refractivity contribution in [3.63, 3.8) is 0 Å². The number of esters is 1. The minimum absolute atomic E-state index is 0.0194. The number of halogens is 1. The van der Waals surface area contributed by atoms with Gasteiger partial charge in [-0.25, -0.2) is 9.18 Å². The highest BCUT2D eigenvalue weighted by molar-refractivity contribution is 5.93. The van der Waals surface area contributed by atoms with E-state index < -0.39 is 29.0 Å². The summed E-state index contributed by atoms with van der Waals surface area (Å²) in [6.45, 7) is -0.424. The quantitative estimate of drug-likeness (QED) is 0.491. The van der Waals surface area contributed by atoms with Crippen LogP contribution < -0.4 is 0 Å². The first-order valence-corrected chi connectivity index (χ1v) is 6.12. The molecule has 0 N–H and O–H groups in total. The van der Waals surface area contributed by atoms with Crippen LogP contribution in [-0.4, -0.2) is 10.9 Å². The molecule has 0 atom stereocenters. The lowest BCUT2D eigenvalue weighted by Crippen LogP contribution is -2.09.